The van der Waals surface area contributed by atoms with Gasteiger partial charge in [0.25, 0.3) is 0 Å². The molecule has 2 nitrogen and oxygen atoms in total. The van der Waals surface area contributed by atoms with Crippen LogP contribution in [0.15, 0.2) is 18.3 Å². The lowest BCUT2D eigenvalue weighted by Crippen LogP contribution is -2.26. The minimum atomic E-state index is 0.169. The van der Waals surface area contributed by atoms with Gasteiger partial charge < -0.3 is 5.32 Å². The lowest BCUT2D eigenvalue weighted by molar-refractivity contribution is 0.467. The Labute approximate surface area is 115 Å². The molecule has 0 amide bonds. The lowest BCUT2D eigenvalue weighted by Gasteiger charge is -2.26. The Morgan fingerprint density at radius 1 is 1.17 bits per heavy atom. The van der Waals surface area contributed by atoms with E-state index in [1.54, 1.807) is 0 Å². The third-order valence-corrected chi connectivity index (χ3v) is 4.07. The minimum absolute atomic E-state index is 0.169. The highest BCUT2D eigenvalue weighted by Crippen LogP contribution is 2.26. The van der Waals surface area contributed by atoms with E-state index >= 15 is 0 Å². The number of hydrogen-bond acceptors (Lipinski definition) is 2. The summed E-state index contributed by atoms with van der Waals surface area (Å²) in [5.74, 6) is 0.987. The lowest BCUT2D eigenvalue weighted by atomic mass is 9.88. The van der Waals surface area contributed by atoms with Gasteiger partial charge in [-0.05, 0) is 42.7 Å². The average molecular weight is 267 g/mol. The van der Waals surface area contributed by atoms with Crippen LogP contribution in [0, 0.1) is 0 Å². The topological polar surface area (TPSA) is 24.9 Å². The molecule has 1 heterocycles. The SMILES string of the molecule is CC(C)(C)c1ccc(NC2CCC(Cl)CC2)nc1. The molecule has 0 radical (unpaired) electrons. The summed E-state index contributed by atoms with van der Waals surface area (Å²) in [5, 5.41) is 3.88. The van der Waals surface area contributed by atoms with Crippen molar-refractivity contribution in [3.63, 3.8) is 0 Å². The fourth-order valence-electron chi connectivity index (χ4n) is 2.33. The van der Waals surface area contributed by atoms with Crippen LogP contribution in [0.5, 0.6) is 0 Å². The molecule has 1 N–H and O–H groups in total. The number of nitrogens with zero attached hydrogens (tertiary/aromatic N) is 1. The van der Waals surface area contributed by atoms with Crippen molar-refractivity contribution in [2.75, 3.05) is 5.32 Å². The molecule has 1 aromatic rings. The molecule has 0 atom stereocenters. The number of aromatic nitrogens is 1. The Morgan fingerprint density at radius 2 is 1.83 bits per heavy atom. The molecular formula is C15H23ClN2. The van der Waals surface area contributed by atoms with Gasteiger partial charge in [0.15, 0.2) is 0 Å². The first-order valence-electron chi connectivity index (χ1n) is 6.82. The smallest absolute Gasteiger partial charge is 0.126 e. The molecule has 1 saturated carbocycles. The zero-order valence-electron chi connectivity index (χ0n) is 11.5. The third kappa shape index (κ3) is 3.61. The molecule has 0 unspecified atom stereocenters. The van der Waals surface area contributed by atoms with Gasteiger partial charge in [-0.15, -0.1) is 11.6 Å². The molecule has 1 aromatic heterocycles. The van der Waals surface area contributed by atoms with E-state index in [9.17, 15) is 0 Å². The van der Waals surface area contributed by atoms with Crippen LogP contribution < -0.4 is 5.32 Å². The molecule has 0 bridgehead atoms. The first kappa shape index (κ1) is 13.7. The number of hydrogen-bond donors (Lipinski definition) is 1. The van der Waals surface area contributed by atoms with Gasteiger partial charge in [0, 0.05) is 17.6 Å². The minimum Gasteiger partial charge on any atom is -0.367 e. The molecule has 3 heteroatoms. The van der Waals surface area contributed by atoms with Crippen molar-refractivity contribution in [3.8, 4) is 0 Å². The molecule has 100 valence electrons. The van der Waals surface area contributed by atoms with Gasteiger partial charge in [0.2, 0.25) is 0 Å². The zero-order valence-corrected chi connectivity index (χ0v) is 12.3. The van der Waals surface area contributed by atoms with Crippen molar-refractivity contribution in [2.45, 2.75) is 63.3 Å². The fourth-order valence-corrected chi connectivity index (χ4v) is 2.58. The van der Waals surface area contributed by atoms with Crippen LogP contribution in [0.2, 0.25) is 0 Å². The highest BCUT2D eigenvalue weighted by atomic mass is 35.5. The average Bonchev–Trinajstić information content (AvgIpc) is 2.32. The first-order chi connectivity index (χ1) is 8.45. The van der Waals surface area contributed by atoms with Crippen LogP contribution >= 0.6 is 11.6 Å². The molecule has 0 saturated heterocycles. The number of rotatable bonds is 2. The first-order valence-corrected chi connectivity index (χ1v) is 7.26. The van der Waals surface area contributed by atoms with Crippen molar-refractivity contribution in [3.05, 3.63) is 23.9 Å². The van der Waals surface area contributed by atoms with Gasteiger partial charge in [-0.3, -0.25) is 0 Å². The Kier molecular flexibility index (Phi) is 4.16. The molecule has 2 rings (SSSR count). The van der Waals surface area contributed by atoms with E-state index in [1.165, 1.54) is 5.56 Å². The fraction of sp³-hybridized carbons (Fsp3) is 0.667. The van der Waals surface area contributed by atoms with Gasteiger partial charge in [-0.2, -0.15) is 0 Å². The summed E-state index contributed by atoms with van der Waals surface area (Å²) >= 11 is 6.11. The third-order valence-electron chi connectivity index (χ3n) is 3.64. The van der Waals surface area contributed by atoms with Gasteiger partial charge in [0.1, 0.15) is 5.82 Å². The second-order valence-corrected chi connectivity index (χ2v) is 6.89. The molecule has 1 fully saturated rings. The van der Waals surface area contributed by atoms with Crippen molar-refractivity contribution >= 4 is 17.4 Å². The highest BCUT2D eigenvalue weighted by molar-refractivity contribution is 6.20. The van der Waals surface area contributed by atoms with Crippen molar-refractivity contribution in [1.82, 2.24) is 4.98 Å². The summed E-state index contributed by atoms with van der Waals surface area (Å²) in [7, 11) is 0. The molecule has 18 heavy (non-hydrogen) atoms. The largest absolute Gasteiger partial charge is 0.367 e. The molecule has 1 aliphatic carbocycles. The molecular weight excluding hydrogens is 244 g/mol. The number of pyridine rings is 1. The summed E-state index contributed by atoms with van der Waals surface area (Å²) in [5.41, 5.74) is 1.44. The number of nitrogens with one attached hydrogen (secondary N) is 1. The summed E-state index contributed by atoms with van der Waals surface area (Å²) < 4.78 is 0. The normalized spacial score (nSPS) is 24.9. The van der Waals surface area contributed by atoms with Crippen LogP contribution in [-0.4, -0.2) is 16.4 Å². The second-order valence-electron chi connectivity index (χ2n) is 6.28. The van der Waals surface area contributed by atoms with E-state index in [-0.39, 0.29) is 5.41 Å². The maximum Gasteiger partial charge on any atom is 0.126 e. The predicted molar refractivity (Wildman–Crippen MR) is 78.5 cm³/mol. The Balaban J connectivity index is 1.94. The van der Waals surface area contributed by atoms with Crippen LogP contribution in [0.3, 0.4) is 0 Å². The highest BCUT2D eigenvalue weighted by Gasteiger charge is 2.20. The van der Waals surface area contributed by atoms with Crippen molar-refractivity contribution < 1.29 is 0 Å². The van der Waals surface area contributed by atoms with E-state index in [2.05, 4.69) is 43.2 Å². The molecule has 0 spiro atoms. The van der Waals surface area contributed by atoms with E-state index < -0.39 is 0 Å². The second kappa shape index (κ2) is 5.48. The van der Waals surface area contributed by atoms with Crippen molar-refractivity contribution in [1.29, 1.82) is 0 Å². The Morgan fingerprint density at radius 3 is 2.33 bits per heavy atom. The monoisotopic (exact) mass is 266 g/mol. The van der Waals surface area contributed by atoms with E-state index in [0.717, 1.165) is 31.5 Å². The van der Waals surface area contributed by atoms with Crippen LogP contribution in [0.4, 0.5) is 5.82 Å². The van der Waals surface area contributed by atoms with Gasteiger partial charge in [0.05, 0.1) is 0 Å². The number of anilines is 1. The van der Waals surface area contributed by atoms with Crippen LogP contribution in [-0.2, 0) is 5.41 Å². The molecule has 1 aliphatic rings. The number of alkyl halides is 1. The Hall–Kier alpha value is -0.760. The van der Waals surface area contributed by atoms with Gasteiger partial charge in [-0.1, -0.05) is 26.8 Å². The van der Waals surface area contributed by atoms with Crippen LogP contribution in [0.1, 0.15) is 52.0 Å². The predicted octanol–water partition coefficient (Wildman–Crippen LogP) is 4.34. The number of halogens is 1. The summed E-state index contributed by atoms with van der Waals surface area (Å²) in [6, 6.07) is 4.79. The molecule has 0 aliphatic heterocycles. The van der Waals surface area contributed by atoms with Gasteiger partial charge >= 0.3 is 0 Å². The Bertz CT molecular complexity index is 372. The van der Waals surface area contributed by atoms with E-state index in [4.69, 9.17) is 11.6 Å². The van der Waals surface area contributed by atoms with Gasteiger partial charge in [-0.25, -0.2) is 4.98 Å². The quantitative estimate of drug-likeness (QED) is 0.806. The maximum absolute atomic E-state index is 6.11. The summed E-state index contributed by atoms with van der Waals surface area (Å²) in [4.78, 5) is 4.51. The van der Waals surface area contributed by atoms with Crippen molar-refractivity contribution in [2.24, 2.45) is 0 Å². The summed E-state index contributed by atoms with van der Waals surface area (Å²) in [6.45, 7) is 6.62. The van der Waals surface area contributed by atoms with Crippen LogP contribution in [0.25, 0.3) is 0 Å². The summed E-state index contributed by atoms with van der Waals surface area (Å²) in [6.07, 6.45) is 6.50. The molecule has 0 aromatic carbocycles. The standard InChI is InChI=1S/C15H23ClN2/c1-15(2,3)11-4-9-14(17-10-11)18-13-7-5-12(16)6-8-13/h4,9-10,12-13H,5-8H2,1-3H3,(H,17,18). The van der Waals surface area contributed by atoms with E-state index in [1.807, 2.05) is 6.20 Å². The maximum atomic E-state index is 6.11. The van der Waals surface area contributed by atoms with E-state index in [0.29, 0.717) is 11.4 Å². The zero-order chi connectivity index (χ0) is 13.2.